The van der Waals surface area contributed by atoms with Crippen LogP contribution in [0.1, 0.15) is 15.9 Å². The number of hydrazone groups is 1. The van der Waals surface area contributed by atoms with Gasteiger partial charge in [-0.1, -0.05) is 11.6 Å². The number of nitrogens with two attached hydrogens (primary N) is 1. The van der Waals surface area contributed by atoms with E-state index in [0.29, 0.717) is 17.7 Å². The second-order valence-corrected chi connectivity index (χ2v) is 4.33. The van der Waals surface area contributed by atoms with Crippen molar-refractivity contribution in [3.05, 3.63) is 58.2 Å². The molecule has 0 spiro atoms. The fraction of sp³-hybridized carbons (Fsp3) is 0. The molecule has 0 saturated heterocycles. The maximum absolute atomic E-state index is 13.1. The van der Waals surface area contributed by atoms with Crippen LogP contribution in [0.4, 0.5) is 14.6 Å². The van der Waals surface area contributed by atoms with Gasteiger partial charge in [0.1, 0.15) is 5.82 Å². The molecule has 0 aliphatic heterocycles. The highest BCUT2D eigenvalue weighted by Crippen LogP contribution is 2.19. The number of anilines is 1. The van der Waals surface area contributed by atoms with Crippen LogP contribution < -0.4 is 11.2 Å². The highest BCUT2D eigenvalue weighted by molar-refractivity contribution is 6.33. The van der Waals surface area contributed by atoms with Crippen LogP contribution in [0.15, 0.2) is 35.6 Å². The van der Waals surface area contributed by atoms with Crippen molar-refractivity contribution >= 4 is 29.5 Å². The molecule has 2 aromatic rings. The van der Waals surface area contributed by atoms with Crippen LogP contribution >= 0.6 is 11.6 Å². The second-order valence-electron chi connectivity index (χ2n) is 3.92. The average Bonchev–Trinajstić information content (AvgIpc) is 2.44. The van der Waals surface area contributed by atoms with Gasteiger partial charge >= 0.3 is 0 Å². The fourth-order valence-corrected chi connectivity index (χ4v) is 1.69. The Morgan fingerprint density at radius 1 is 1.38 bits per heavy atom. The summed E-state index contributed by atoms with van der Waals surface area (Å²) >= 11 is 5.67. The van der Waals surface area contributed by atoms with Crippen LogP contribution in [-0.2, 0) is 0 Å². The Kier molecular flexibility index (Phi) is 4.44. The van der Waals surface area contributed by atoms with Gasteiger partial charge in [0.05, 0.1) is 16.8 Å². The lowest BCUT2D eigenvalue weighted by Gasteiger charge is -2.03. The van der Waals surface area contributed by atoms with E-state index in [1.807, 2.05) is 0 Å². The molecule has 5 nitrogen and oxygen atoms in total. The summed E-state index contributed by atoms with van der Waals surface area (Å²) in [7, 11) is 0. The van der Waals surface area contributed by atoms with Crippen molar-refractivity contribution in [1.29, 1.82) is 0 Å². The first-order valence-electron chi connectivity index (χ1n) is 5.67. The Balaban J connectivity index is 2.12. The zero-order valence-electron chi connectivity index (χ0n) is 10.5. The quantitative estimate of drug-likeness (QED) is 0.519. The summed E-state index contributed by atoms with van der Waals surface area (Å²) in [5.41, 5.74) is 7.98. The summed E-state index contributed by atoms with van der Waals surface area (Å²) in [4.78, 5) is 15.6. The maximum atomic E-state index is 13.1. The van der Waals surface area contributed by atoms with E-state index in [-0.39, 0.29) is 16.4 Å². The molecule has 1 heterocycles. The number of carbonyl (C=O) groups is 1. The predicted molar refractivity (Wildman–Crippen MR) is 75.1 cm³/mol. The number of amides is 1. The van der Waals surface area contributed by atoms with Crippen molar-refractivity contribution in [1.82, 2.24) is 10.4 Å². The highest BCUT2D eigenvalue weighted by Gasteiger charge is 2.14. The topological polar surface area (TPSA) is 80.4 Å². The van der Waals surface area contributed by atoms with Crippen LogP contribution in [-0.4, -0.2) is 17.1 Å². The number of pyridine rings is 1. The Morgan fingerprint density at radius 2 is 2.10 bits per heavy atom. The molecule has 0 fully saturated rings. The van der Waals surface area contributed by atoms with Gasteiger partial charge in [-0.05, 0) is 24.3 Å². The molecule has 3 N–H and O–H groups in total. The van der Waals surface area contributed by atoms with Gasteiger partial charge in [-0.15, -0.1) is 0 Å². The van der Waals surface area contributed by atoms with E-state index >= 15 is 0 Å². The minimum Gasteiger partial charge on any atom is -0.383 e. The van der Waals surface area contributed by atoms with E-state index in [0.717, 1.165) is 0 Å². The zero-order valence-corrected chi connectivity index (χ0v) is 11.2. The molecule has 1 aromatic heterocycles. The van der Waals surface area contributed by atoms with Crippen molar-refractivity contribution in [2.45, 2.75) is 0 Å². The number of hydrogen-bond donors (Lipinski definition) is 2. The molecule has 1 aromatic carbocycles. The van der Waals surface area contributed by atoms with Gasteiger partial charge in [-0.25, -0.2) is 19.2 Å². The first kappa shape index (κ1) is 14.9. The summed E-state index contributed by atoms with van der Waals surface area (Å²) in [6.07, 6.45) is 2.78. The third-order valence-corrected chi connectivity index (χ3v) is 2.81. The van der Waals surface area contributed by atoms with Gasteiger partial charge in [0.25, 0.3) is 5.91 Å². The monoisotopic (exact) mass is 310 g/mol. The van der Waals surface area contributed by atoms with E-state index in [1.165, 1.54) is 12.4 Å². The number of carbonyl (C=O) groups excluding carboxylic acids is 1. The molecule has 0 bridgehead atoms. The van der Waals surface area contributed by atoms with Crippen LogP contribution in [0.25, 0.3) is 0 Å². The molecule has 0 atom stereocenters. The number of nitrogen functional groups attached to an aromatic ring is 1. The third kappa shape index (κ3) is 3.51. The van der Waals surface area contributed by atoms with Crippen molar-refractivity contribution in [3.63, 3.8) is 0 Å². The van der Waals surface area contributed by atoms with Gasteiger partial charge in [0, 0.05) is 11.8 Å². The van der Waals surface area contributed by atoms with Crippen LogP contribution in [0.5, 0.6) is 0 Å². The van der Waals surface area contributed by atoms with Crippen molar-refractivity contribution in [2.75, 3.05) is 5.73 Å². The van der Waals surface area contributed by atoms with Crippen molar-refractivity contribution in [2.24, 2.45) is 5.10 Å². The summed E-state index contributed by atoms with van der Waals surface area (Å²) in [6.45, 7) is 0. The third-order valence-electron chi connectivity index (χ3n) is 2.50. The van der Waals surface area contributed by atoms with Gasteiger partial charge in [-0.3, -0.25) is 4.79 Å². The molecule has 8 heteroatoms. The van der Waals surface area contributed by atoms with Gasteiger partial charge in [0.2, 0.25) is 0 Å². The number of nitrogens with zero attached hydrogens (tertiary/aromatic N) is 2. The van der Waals surface area contributed by atoms with Crippen molar-refractivity contribution < 1.29 is 13.6 Å². The number of hydrogen-bond acceptors (Lipinski definition) is 4. The van der Waals surface area contributed by atoms with E-state index < -0.39 is 17.5 Å². The van der Waals surface area contributed by atoms with Crippen molar-refractivity contribution in [3.8, 4) is 0 Å². The van der Waals surface area contributed by atoms with E-state index in [2.05, 4.69) is 15.5 Å². The number of nitrogens with one attached hydrogen (secondary N) is 1. The highest BCUT2D eigenvalue weighted by atomic mass is 35.5. The molecule has 0 unspecified atom stereocenters. The number of halogens is 3. The summed E-state index contributed by atoms with van der Waals surface area (Å²) in [5, 5.41) is 3.43. The Morgan fingerprint density at radius 3 is 2.81 bits per heavy atom. The van der Waals surface area contributed by atoms with E-state index in [9.17, 15) is 13.6 Å². The standard InChI is InChI=1S/C13H9ClF2N4O/c14-9-5-11(16)10(15)4-8(9)13(21)20-19-6-7-2-1-3-18-12(7)17/h1-6H,(H2,17,18)(H,20,21)/b19-6+. The Bertz CT molecular complexity index is 721. The van der Waals surface area contributed by atoms with Crippen LogP contribution in [0, 0.1) is 11.6 Å². The van der Waals surface area contributed by atoms with Crippen LogP contribution in [0.2, 0.25) is 5.02 Å². The lowest BCUT2D eigenvalue weighted by molar-refractivity contribution is 0.0954. The Hall–Kier alpha value is -2.54. The molecule has 0 aliphatic rings. The fourth-order valence-electron chi connectivity index (χ4n) is 1.46. The minimum atomic E-state index is -1.18. The molecule has 21 heavy (non-hydrogen) atoms. The Labute approximate surface area is 123 Å². The molecule has 0 saturated carbocycles. The molecular weight excluding hydrogens is 302 g/mol. The number of rotatable bonds is 3. The lowest BCUT2D eigenvalue weighted by atomic mass is 10.2. The lowest BCUT2D eigenvalue weighted by Crippen LogP contribution is -2.18. The molecule has 108 valence electrons. The zero-order chi connectivity index (χ0) is 15.4. The SMILES string of the molecule is Nc1ncccc1/C=N/NC(=O)c1cc(F)c(F)cc1Cl. The molecule has 0 radical (unpaired) electrons. The predicted octanol–water partition coefficient (Wildman–Crippen LogP) is 2.36. The summed E-state index contributed by atoms with van der Waals surface area (Å²) in [6, 6.07) is 4.70. The first-order valence-corrected chi connectivity index (χ1v) is 6.05. The largest absolute Gasteiger partial charge is 0.383 e. The van der Waals surface area contributed by atoms with E-state index in [1.54, 1.807) is 12.1 Å². The molecular formula is C13H9ClF2N4O. The number of benzene rings is 1. The summed E-state index contributed by atoms with van der Waals surface area (Å²) < 4.78 is 26.0. The maximum Gasteiger partial charge on any atom is 0.272 e. The summed E-state index contributed by atoms with van der Waals surface area (Å²) in [5.74, 6) is -2.85. The van der Waals surface area contributed by atoms with Gasteiger partial charge in [0.15, 0.2) is 11.6 Å². The number of aromatic nitrogens is 1. The normalized spacial score (nSPS) is 10.8. The molecule has 0 aliphatic carbocycles. The van der Waals surface area contributed by atoms with Crippen LogP contribution in [0.3, 0.4) is 0 Å². The minimum absolute atomic E-state index is 0.220. The second kappa shape index (κ2) is 6.27. The van der Waals surface area contributed by atoms with Gasteiger partial charge in [-0.2, -0.15) is 5.10 Å². The van der Waals surface area contributed by atoms with Gasteiger partial charge < -0.3 is 5.73 Å². The molecule has 2 rings (SSSR count). The molecule has 1 amide bonds. The van der Waals surface area contributed by atoms with E-state index in [4.69, 9.17) is 17.3 Å². The first-order chi connectivity index (χ1) is 9.99. The smallest absolute Gasteiger partial charge is 0.272 e. The average molecular weight is 311 g/mol.